The number of ether oxygens (including phenoxy) is 17. The van der Waals surface area contributed by atoms with Gasteiger partial charge in [0.2, 0.25) is 0 Å². The molecule has 0 saturated carbocycles. The van der Waals surface area contributed by atoms with Crippen LogP contribution in [-0.4, -0.2) is 330 Å². The fraction of sp³-hybridized carbons (Fsp3) is 0.702. The smallest absolute Gasteiger partial charge is 0.333 e. The molecule has 0 aromatic heterocycles. The minimum Gasteiger partial charge on any atom is -0.458 e. The molecule has 0 radical (unpaired) electrons. The fourth-order valence-electron chi connectivity index (χ4n) is 6.35. The summed E-state index contributed by atoms with van der Waals surface area (Å²) in [7, 11) is 0.673. The number of epoxide rings is 7. The Morgan fingerprint density at radius 1 is 0.228 bits per heavy atom. The van der Waals surface area contributed by atoms with Crippen LogP contribution in [0.15, 0.2) is 166 Å². The predicted molar refractivity (Wildman–Crippen MR) is 676 cm³/mol. The van der Waals surface area contributed by atoms with Crippen molar-refractivity contribution >= 4 is 135 Å². The molecule has 7 heterocycles. The molecule has 7 unspecified atom stereocenters. The van der Waals surface area contributed by atoms with Gasteiger partial charge in [-0.1, -0.05) is 359 Å². The summed E-state index contributed by atoms with van der Waals surface area (Å²) in [6, 6.07) is 0. The van der Waals surface area contributed by atoms with Crippen molar-refractivity contribution in [1.29, 1.82) is 0 Å². The zero-order valence-electron chi connectivity index (χ0n) is 69.9. The van der Waals surface area contributed by atoms with Gasteiger partial charge in [0.15, 0.2) is 0 Å². The third kappa shape index (κ3) is 221. The summed E-state index contributed by atoms with van der Waals surface area (Å²) in [5.74, 6) is -0.0341. The number of rotatable bonds is 49. The molecule has 0 N–H and O–H groups in total. The molecule has 7 atom stereocenters. The molecule has 7 saturated heterocycles. The van der Waals surface area contributed by atoms with Crippen LogP contribution in [0, 0.1) is 0 Å². The van der Waals surface area contributed by atoms with Crippen LogP contribution in [0.2, 0.25) is 72.0 Å². The first-order chi connectivity index (χ1) is 53.0. The second-order valence-corrected chi connectivity index (χ2v) is 39.0. The minimum atomic E-state index is -0.313. The SMILES string of the molecule is C.C.C.C.C.C.C.C.C.C.C.C.C.C.C.C.C.C.C.C.C.C.C.C.C.C.C.C=C(C)C(=O)OCC=C[SiH2]C.C=C(C)C(=O)OCC=C[SiH2]C.C=C(C)C(=O)OCC=C[SiH2]C.C[SiH2]C=CCOCC1CO1.C[SiH2]C=CCOCC1CO1.C[SiH2]C=CCOCC1CO1.C[SiH2]C=CCOCC1CO1.C[SiH2]C=CCOCC1CO1.C[SiH2]C=CCOCC1CO1.C[SiH2]C=CCOCC1CO1.C[SiH2]C=CCS. The Kier molecular flexibility index (Phi) is 301. The average molecular weight is 2170 g/mol. The van der Waals surface area contributed by atoms with Gasteiger partial charge in [0, 0.05) is 127 Å². The molecule has 20 nitrogen and oxygen atoms in total. The fourth-order valence-corrected chi connectivity index (χ4v) is 12.0. The number of esters is 3. The molecule has 32 heteroatoms. The van der Waals surface area contributed by atoms with Crippen molar-refractivity contribution in [1.82, 2.24) is 0 Å². The molecule has 7 aliphatic rings. The molecular formula is C104H258O20SSi11. The van der Waals surface area contributed by atoms with Crippen LogP contribution >= 0.6 is 12.6 Å². The molecule has 0 bridgehead atoms. The van der Waals surface area contributed by atoms with Gasteiger partial charge in [-0.3, -0.25) is 0 Å². The van der Waals surface area contributed by atoms with Crippen molar-refractivity contribution in [3.05, 3.63) is 166 Å². The predicted octanol–water partition coefficient (Wildman–Crippen LogP) is 21.3. The third-order valence-corrected chi connectivity index (χ3v) is 22.0. The van der Waals surface area contributed by atoms with E-state index in [1.807, 2.05) is 18.2 Å². The number of carbonyl (C=O) groups excluding carboxylic acids is 3. The quantitative estimate of drug-likeness (QED) is 0.0113. The maximum Gasteiger partial charge on any atom is 0.333 e. The summed E-state index contributed by atoms with van der Waals surface area (Å²) in [6.07, 6.45) is 25.4. The minimum absolute atomic E-state index is 0. The number of hydrogen-bond acceptors (Lipinski definition) is 21. The van der Waals surface area contributed by atoms with Crippen molar-refractivity contribution in [3.63, 3.8) is 0 Å². The van der Waals surface area contributed by atoms with Gasteiger partial charge in [-0.2, -0.15) is 12.6 Å². The van der Waals surface area contributed by atoms with Gasteiger partial charge in [-0.25, -0.2) is 14.4 Å². The molecule has 0 aromatic rings. The molecule has 7 fully saturated rings. The Hall–Kier alpha value is -3.05. The van der Waals surface area contributed by atoms with Crippen LogP contribution in [0.3, 0.4) is 0 Å². The van der Waals surface area contributed by atoms with E-state index < -0.39 is 0 Å². The lowest BCUT2D eigenvalue weighted by atomic mass is 10.4. The van der Waals surface area contributed by atoms with Gasteiger partial charge < -0.3 is 80.5 Å². The van der Waals surface area contributed by atoms with Crippen molar-refractivity contribution < 1.29 is 94.9 Å². The summed E-state index contributed by atoms with van der Waals surface area (Å²) in [5, 5.41) is 0. The van der Waals surface area contributed by atoms with Gasteiger partial charge in [0.05, 0.1) is 139 Å². The van der Waals surface area contributed by atoms with E-state index in [-0.39, 0.29) is 323 Å². The lowest BCUT2D eigenvalue weighted by molar-refractivity contribution is -0.138. The molecule has 136 heavy (non-hydrogen) atoms. The second kappa shape index (κ2) is 184. The van der Waals surface area contributed by atoms with E-state index in [1.54, 1.807) is 20.8 Å². The first-order valence-electron chi connectivity index (χ1n) is 39.6. The van der Waals surface area contributed by atoms with Gasteiger partial charge in [0.1, 0.15) is 62.5 Å². The van der Waals surface area contributed by atoms with Crippen LogP contribution in [-0.2, 0) is 94.9 Å². The van der Waals surface area contributed by atoms with Crippen molar-refractivity contribution in [2.24, 2.45) is 0 Å². The second-order valence-electron chi connectivity index (χ2n) is 24.4. The summed E-state index contributed by atoms with van der Waals surface area (Å²) < 4.78 is 86.1. The van der Waals surface area contributed by atoms with Gasteiger partial charge in [-0.05, 0) is 20.8 Å². The van der Waals surface area contributed by atoms with Gasteiger partial charge >= 0.3 is 17.9 Å². The van der Waals surface area contributed by atoms with Gasteiger partial charge in [-0.15, -0.1) is 62.7 Å². The number of carbonyl (C=O) groups is 3. The van der Waals surface area contributed by atoms with Crippen molar-refractivity contribution in [2.75, 3.05) is 164 Å². The van der Waals surface area contributed by atoms with Crippen LogP contribution in [0.25, 0.3) is 0 Å². The van der Waals surface area contributed by atoms with E-state index in [0.717, 1.165) is 144 Å². The van der Waals surface area contributed by atoms with Crippen LogP contribution in [0.1, 0.15) is 221 Å². The molecule has 0 spiro atoms. The van der Waals surface area contributed by atoms with E-state index in [4.69, 9.17) is 80.5 Å². The lowest BCUT2D eigenvalue weighted by Crippen LogP contribution is -2.04. The highest BCUT2D eigenvalue weighted by atomic mass is 32.1. The molecule has 0 aliphatic carbocycles. The Morgan fingerprint density at radius 3 is 0.412 bits per heavy atom. The normalized spacial score (nSPS) is 16.2. The standard InChI is InChI=1S/3C8H14O2Si.7C7H14O2Si.C4H10SSi.27CH4/c3*1-7(2)8(9)10-5-4-6-11-3;7*1-10-4-2-3-8-5-7-6-9-7;1-6-4-2-3-5;;;;;;;;;;;;;;;;;;;;;;;;;;;/h3*4,6H,1,5,11H2,2-3H3;7*2,4,7H,3,5-6,10H2,1H3;2,4-5H,3,6H2,1H3;27*1H4. The molecule has 0 amide bonds. The molecular weight excluding hydrogens is 1910 g/mol. The topological polar surface area (TPSA) is 231 Å². The van der Waals surface area contributed by atoms with Crippen molar-refractivity contribution in [2.45, 2.75) is 336 Å². The molecule has 7 rings (SSSR count). The highest BCUT2D eigenvalue weighted by Gasteiger charge is 2.25. The highest BCUT2D eigenvalue weighted by molar-refractivity contribution is 7.80. The number of thiol groups is 1. The maximum absolute atomic E-state index is 10.8. The summed E-state index contributed by atoms with van der Waals surface area (Å²) in [6.45, 7) is 58.0. The van der Waals surface area contributed by atoms with E-state index in [9.17, 15) is 14.4 Å². The Labute approximate surface area is 890 Å². The Morgan fingerprint density at radius 2 is 0.331 bits per heavy atom. The van der Waals surface area contributed by atoms with Crippen LogP contribution in [0.5, 0.6) is 0 Å². The van der Waals surface area contributed by atoms with Crippen molar-refractivity contribution in [3.8, 4) is 0 Å². The average Bonchev–Trinajstić information content (AvgIpc) is 1.85. The lowest BCUT2D eigenvalue weighted by Gasteiger charge is -1.98. The first kappa shape index (κ1) is 223. The molecule has 844 valence electrons. The van der Waals surface area contributed by atoms with E-state index in [2.05, 4.69) is 216 Å². The zero-order chi connectivity index (χ0) is 81.5. The third-order valence-electron chi connectivity index (χ3n) is 13.0. The van der Waals surface area contributed by atoms with Crippen LogP contribution < -0.4 is 0 Å². The summed E-state index contributed by atoms with van der Waals surface area (Å²) in [4.78, 5) is 32.3. The molecule has 0 aromatic carbocycles. The van der Waals surface area contributed by atoms with E-state index >= 15 is 0 Å². The zero-order valence-corrected chi connectivity index (χ0v) is 86.4. The Balaban J connectivity index is -0.0000000302. The van der Waals surface area contributed by atoms with Crippen LogP contribution in [0.4, 0.5) is 0 Å². The van der Waals surface area contributed by atoms with Gasteiger partial charge in [0.25, 0.3) is 0 Å². The van der Waals surface area contributed by atoms with E-state index in [0.29, 0.717) is 79.3 Å². The Bertz CT molecular complexity index is 2100. The van der Waals surface area contributed by atoms with E-state index in [1.165, 1.54) is 0 Å². The monoisotopic (exact) mass is 2170 g/mol. The number of hydrogen-bond donors (Lipinski definition) is 1. The largest absolute Gasteiger partial charge is 0.458 e. The highest BCUT2D eigenvalue weighted by Crippen LogP contribution is 2.12. The summed E-state index contributed by atoms with van der Waals surface area (Å²) >= 11 is 3.99. The molecule has 7 aliphatic heterocycles. The first-order valence-corrected chi connectivity index (χ1v) is 64.7. The summed E-state index contributed by atoms with van der Waals surface area (Å²) in [5.41, 5.74) is 25.6. The maximum atomic E-state index is 10.8.